The first-order valence-corrected chi connectivity index (χ1v) is 8.49. The molecule has 0 saturated carbocycles. The zero-order chi connectivity index (χ0) is 18.0. The molecule has 1 fully saturated rings. The highest BCUT2D eigenvalue weighted by Crippen LogP contribution is 2.26. The maximum Gasteiger partial charge on any atom is 0.414 e. The number of halogens is 1. The summed E-state index contributed by atoms with van der Waals surface area (Å²) >= 11 is 1.19. The number of benzene rings is 1. The van der Waals surface area contributed by atoms with Gasteiger partial charge in [-0.15, -0.1) is 10.2 Å². The van der Waals surface area contributed by atoms with Crippen molar-refractivity contribution < 1.29 is 18.7 Å². The summed E-state index contributed by atoms with van der Waals surface area (Å²) in [4.78, 5) is 27.0. The summed E-state index contributed by atoms with van der Waals surface area (Å²) in [5.41, 5.74) is 7.19. The predicted octanol–water partition coefficient (Wildman–Crippen LogP) is 1.63. The van der Waals surface area contributed by atoms with E-state index < -0.39 is 23.9 Å². The molecule has 132 valence electrons. The normalized spacial score (nSPS) is 16.8. The largest absolute Gasteiger partial charge is 0.443 e. The van der Waals surface area contributed by atoms with E-state index in [1.807, 2.05) is 0 Å². The van der Waals surface area contributed by atoms with E-state index in [1.165, 1.54) is 38.8 Å². The smallest absolute Gasteiger partial charge is 0.414 e. The molecule has 0 spiro atoms. The van der Waals surface area contributed by atoms with E-state index in [1.54, 1.807) is 6.92 Å². The van der Waals surface area contributed by atoms with E-state index in [-0.39, 0.29) is 18.7 Å². The molecule has 1 aliphatic heterocycles. The molecule has 1 aromatic carbocycles. The number of carbonyl (C=O) groups excluding carboxylic acids is 2. The zero-order valence-electron chi connectivity index (χ0n) is 13.4. The summed E-state index contributed by atoms with van der Waals surface area (Å²) in [6, 6.07) is 3.99. The van der Waals surface area contributed by atoms with Crippen molar-refractivity contribution in [1.82, 2.24) is 10.2 Å². The van der Waals surface area contributed by atoms with E-state index in [0.717, 1.165) is 6.07 Å². The van der Waals surface area contributed by atoms with Crippen LogP contribution in [0.3, 0.4) is 0 Å². The van der Waals surface area contributed by atoms with Crippen LogP contribution in [0.4, 0.5) is 20.0 Å². The van der Waals surface area contributed by atoms with Crippen LogP contribution < -0.4 is 15.5 Å². The minimum absolute atomic E-state index is 0.108. The lowest BCUT2D eigenvalue weighted by atomic mass is 10.1. The number of ether oxygens (including phenoxy) is 1. The monoisotopic (exact) mass is 365 g/mol. The molecule has 10 heteroatoms. The Morgan fingerprint density at radius 2 is 2.36 bits per heavy atom. The minimum atomic E-state index is -0.727. The van der Waals surface area contributed by atoms with Crippen LogP contribution in [0.25, 0.3) is 0 Å². The molecule has 1 aliphatic rings. The molecule has 1 saturated heterocycles. The quantitative estimate of drug-likeness (QED) is 0.864. The van der Waals surface area contributed by atoms with Crippen molar-refractivity contribution in [3.05, 3.63) is 35.1 Å². The number of hydrogen-bond donors (Lipinski definition) is 1. The third-order valence-corrected chi connectivity index (χ3v) is 4.49. The van der Waals surface area contributed by atoms with E-state index in [0.29, 0.717) is 17.4 Å². The van der Waals surface area contributed by atoms with Gasteiger partial charge in [-0.1, -0.05) is 11.3 Å². The van der Waals surface area contributed by atoms with Crippen LogP contribution in [0.15, 0.2) is 23.7 Å². The molecule has 25 heavy (non-hydrogen) atoms. The first-order chi connectivity index (χ1) is 12.0. The summed E-state index contributed by atoms with van der Waals surface area (Å²) in [5, 5.41) is 7.93. The molecular formula is C15H16FN5O3S. The number of carbonyl (C=O) groups is 2. The lowest BCUT2D eigenvalue weighted by Crippen LogP contribution is -2.31. The second-order valence-electron chi connectivity index (χ2n) is 5.29. The summed E-state index contributed by atoms with van der Waals surface area (Å²) in [5.74, 6) is -1.25. The summed E-state index contributed by atoms with van der Waals surface area (Å²) in [6.07, 6.45) is -1.01. The first-order valence-electron chi connectivity index (χ1n) is 7.61. The van der Waals surface area contributed by atoms with Crippen LogP contribution >= 0.6 is 11.3 Å². The Morgan fingerprint density at radius 1 is 1.56 bits per heavy atom. The molecular weight excluding hydrogens is 349 g/mol. The van der Waals surface area contributed by atoms with Gasteiger partial charge in [-0.2, -0.15) is 0 Å². The Hall–Kier alpha value is -2.59. The second-order valence-corrected chi connectivity index (χ2v) is 6.10. The zero-order valence-corrected chi connectivity index (χ0v) is 14.2. The third kappa shape index (κ3) is 3.30. The molecule has 2 amide bonds. The number of amides is 2. The van der Waals surface area contributed by atoms with E-state index in [2.05, 4.69) is 10.2 Å². The van der Waals surface area contributed by atoms with Gasteiger partial charge in [-0.25, -0.2) is 9.18 Å². The third-order valence-electron chi connectivity index (χ3n) is 3.77. The van der Waals surface area contributed by atoms with Crippen molar-refractivity contribution in [3.8, 4) is 0 Å². The van der Waals surface area contributed by atoms with Crippen molar-refractivity contribution in [2.24, 2.45) is 5.73 Å². The summed E-state index contributed by atoms with van der Waals surface area (Å²) < 4.78 is 19.6. The Bertz CT molecular complexity index is 785. The van der Waals surface area contributed by atoms with Crippen LogP contribution in [-0.2, 0) is 4.74 Å². The Labute approximate surface area is 147 Å². The molecule has 2 N–H and O–H groups in total. The predicted molar refractivity (Wildman–Crippen MR) is 90.3 cm³/mol. The maximum absolute atomic E-state index is 14.5. The van der Waals surface area contributed by atoms with Gasteiger partial charge in [0, 0.05) is 13.1 Å². The average Bonchev–Trinajstić information content (AvgIpc) is 3.25. The number of hydrogen-bond acceptors (Lipinski definition) is 7. The van der Waals surface area contributed by atoms with E-state index >= 15 is 0 Å². The fourth-order valence-electron chi connectivity index (χ4n) is 2.50. The fourth-order valence-corrected chi connectivity index (χ4v) is 3.12. The number of cyclic esters (lactones) is 1. The van der Waals surface area contributed by atoms with Gasteiger partial charge in [0.1, 0.15) is 17.4 Å². The molecule has 3 rings (SSSR count). The van der Waals surface area contributed by atoms with Crippen LogP contribution in [0, 0.1) is 5.82 Å². The number of nitrogens with two attached hydrogens (primary N) is 1. The van der Waals surface area contributed by atoms with Crippen LogP contribution in [0.1, 0.15) is 17.3 Å². The lowest BCUT2D eigenvalue weighted by Gasteiger charge is -2.18. The number of rotatable bonds is 5. The molecule has 1 atom stereocenters. The topological polar surface area (TPSA) is 102 Å². The number of nitrogens with zero attached hydrogens (tertiary/aromatic N) is 4. The molecule has 0 aliphatic carbocycles. The molecule has 0 bridgehead atoms. The van der Waals surface area contributed by atoms with Gasteiger partial charge < -0.3 is 10.5 Å². The fraction of sp³-hybridized carbons (Fsp3) is 0.333. The highest BCUT2D eigenvalue weighted by molar-refractivity contribution is 7.13. The Morgan fingerprint density at radius 3 is 2.92 bits per heavy atom. The van der Waals surface area contributed by atoms with Crippen molar-refractivity contribution >= 4 is 34.2 Å². The van der Waals surface area contributed by atoms with E-state index in [4.69, 9.17) is 10.5 Å². The van der Waals surface area contributed by atoms with E-state index in [9.17, 15) is 14.0 Å². The minimum Gasteiger partial charge on any atom is -0.443 e. The molecule has 2 heterocycles. The molecule has 1 aromatic heterocycles. The van der Waals surface area contributed by atoms with Crippen molar-refractivity contribution in [3.63, 3.8) is 0 Å². The van der Waals surface area contributed by atoms with Gasteiger partial charge in [0.05, 0.1) is 17.8 Å². The SMILES string of the molecule is CCN(C(=O)c1ccc(N2C[C@H](CN)OC2=O)cc1F)c1nncs1. The maximum atomic E-state index is 14.5. The van der Waals surface area contributed by atoms with Gasteiger partial charge in [-0.05, 0) is 25.1 Å². The average molecular weight is 365 g/mol. The number of aromatic nitrogens is 2. The standard InChI is InChI=1S/C15H16FN5O3S/c1-2-20(14-19-18-8-25-14)13(22)11-4-3-9(5-12(11)16)21-7-10(6-17)24-15(21)23/h3-5,8,10H,2,6-7,17H2,1H3/t10-/m0/s1. The Balaban J connectivity index is 1.85. The lowest BCUT2D eigenvalue weighted by molar-refractivity contribution is 0.0984. The first kappa shape index (κ1) is 17.2. The highest BCUT2D eigenvalue weighted by atomic mass is 32.1. The summed E-state index contributed by atoms with van der Waals surface area (Å²) in [7, 11) is 0. The molecule has 8 nitrogen and oxygen atoms in total. The van der Waals surface area contributed by atoms with Gasteiger partial charge in [0.25, 0.3) is 5.91 Å². The number of anilines is 2. The van der Waals surface area contributed by atoms with Gasteiger partial charge in [-0.3, -0.25) is 14.6 Å². The van der Waals surface area contributed by atoms with Crippen LogP contribution in [0.2, 0.25) is 0 Å². The van der Waals surface area contributed by atoms with Crippen LogP contribution in [0.5, 0.6) is 0 Å². The second kappa shape index (κ2) is 7.11. The van der Waals surface area contributed by atoms with Crippen molar-refractivity contribution in [2.75, 3.05) is 29.4 Å². The highest BCUT2D eigenvalue weighted by Gasteiger charge is 2.32. The van der Waals surface area contributed by atoms with Gasteiger partial charge in [0.2, 0.25) is 5.13 Å². The molecule has 2 aromatic rings. The van der Waals surface area contributed by atoms with Crippen molar-refractivity contribution in [1.29, 1.82) is 0 Å². The van der Waals surface area contributed by atoms with Gasteiger partial charge >= 0.3 is 6.09 Å². The molecule has 0 unspecified atom stereocenters. The van der Waals surface area contributed by atoms with Crippen molar-refractivity contribution in [2.45, 2.75) is 13.0 Å². The van der Waals surface area contributed by atoms with Crippen LogP contribution in [-0.4, -0.2) is 47.9 Å². The Kier molecular flexibility index (Phi) is 4.91. The molecule has 0 radical (unpaired) electrons. The summed E-state index contributed by atoms with van der Waals surface area (Å²) in [6.45, 7) is 2.52. The van der Waals surface area contributed by atoms with Gasteiger partial charge in [0.15, 0.2) is 0 Å².